The Balaban J connectivity index is 1.53. The first kappa shape index (κ1) is 18.5. The maximum absolute atomic E-state index is 12.7. The van der Waals surface area contributed by atoms with Gasteiger partial charge in [-0.15, -0.1) is 11.3 Å². The molecule has 4 rings (SSSR count). The molecule has 0 saturated carbocycles. The SMILES string of the molecule is CCn1c(=O)n(CCC(=O)Nc2sc3c(c2C#N)CCCC3)c2ccccc21. The lowest BCUT2D eigenvalue weighted by atomic mass is 9.96. The third kappa shape index (κ3) is 3.14. The van der Waals surface area contributed by atoms with Gasteiger partial charge in [0.15, 0.2) is 0 Å². The van der Waals surface area contributed by atoms with E-state index >= 15 is 0 Å². The summed E-state index contributed by atoms with van der Waals surface area (Å²) in [6.45, 7) is 2.84. The topological polar surface area (TPSA) is 79.8 Å². The average molecular weight is 395 g/mol. The maximum Gasteiger partial charge on any atom is 0.329 e. The van der Waals surface area contributed by atoms with E-state index in [4.69, 9.17) is 0 Å². The zero-order chi connectivity index (χ0) is 19.7. The number of thiophene rings is 1. The van der Waals surface area contributed by atoms with E-state index in [2.05, 4.69) is 11.4 Å². The van der Waals surface area contributed by atoms with Crippen LogP contribution in [0.25, 0.3) is 11.0 Å². The van der Waals surface area contributed by atoms with Crippen LogP contribution in [-0.4, -0.2) is 15.0 Å². The Morgan fingerprint density at radius 3 is 2.64 bits per heavy atom. The molecular formula is C21H22N4O2S. The highest BCUT2D eigenvalue weighted by molar-refractivity contribution is 7.16. The number of anilines is 1. The molecule has 0 fully saturated rings. The van der Waals surface area contributed by atoms with Crippen molar-refractivity contribution in [1.29, 1.82) is 5.26 Å². The summed E-state index contributed by atoms with van der Waals surface area (Å²) in [6.07, 6.45) is 4.31. The van der Waals surface area contributed by atoms with Crippen LogP contribution in [0.15, 0.2) is 29.1 Å². The first-order valence-corrected chi connectivity index (χ1v) is 10.5. The van der Waals surface area contributed by atoms with Gasteiger partial charge in [0.05, 0.1) is 16.6 Å². The minimum atomic E-state index is -0.171. The fourth-order valence-electron chi connectivity index (χ4n) is 3.97. The molecule has 0 bridgehead atoms. The molecule has 1 aliphatic carbocycles. The highest BCUT2D eigenvalue weighted by Gasteiger charge is 2.22. The Kier molecular flexibility index (Phi) is 5.05. The number of aryl methyl sites for hydroxylation is 3. The van der Waals surface area contributed by atoms with Gasteiger partial charge in [-0.1, -0.05) is 12.1 Å². The van der Waals surface area contributed by atoms with E-state index in [9.17, 15) is 14.9 Å². The van der Waals surface area contributed by atoms with Gasteiger partial charge in [0, 0.05) is 24.4 Å². The minimum absolute atomic E-state index is 0.0965. The molecule has 0 radical (unpaired) electrons. The number of nitriles is 1. The lowest BCUT2D eigenvalue weighted by molar-refractivity contribution is -0.116. The van der Waals surface area contributed by atoms with Gasteiger partial charge in [-0.2, -0.15) is 5.26 Å². The molecule has 2 heterocycles. The largest absolute Gasteiger partial charge is 0.329 e. The highest BCUT2D eigenvalue weighted by atomic mass is 32.1. The first-order valence-electron chi connectivity index (χ1n) is 9.66. The molecule has 3 aromatic rings. The summed E-state index contributed by atoms with van der Waals surface area (Å²) in [5, 5.41) is 13.1. The van der Waals surface area contributed by atoms with E-state index in [0.29, 0.717) is 23.7 Å². The van der Waals surface area contributed by atoms with Crippen molar-refractivity contribution in [2.75, 3.05) is 5.32 Å². The van der Waals surface area contributed by atoms with Gasteiger partial charge in [0.25, 0.3) is 0 Å². The van der Waals surface area contributed by atoms with Crippen molar-refractivity contribution < 1.29 is 4.79 Å². The molecule has 6 nitrogen and oxygen atoms in total. The number of fused-ring (bicyclic) bond motifs is 2. The van der Waals surface area contributed by atoms with Crippen LogP contribution in [0.3, 0.4) is 0 Å². The number of imidazole rings is 1. The number of nitrogens with one attached hydrogen (secondary N) is 1. The van der Waals surface area contributed by atoms with Gasteiger partial charge in [0.2, 0.25) is 5.91 Å². The molecule has 0 aliphatic heterocycles. The van der Waals surface area contributed by atoms with E-state index in [1.807, 2.05) is 31.2 Å². The number of hydrogen-bond acceptors (Lipinski definition) is 4. The smallest absolute Gasteiger partial charge is 0.317 e. The van der Waals surface area contributed by atoms with Crippen molar-refractivity contribution in [2.24, 2.45) is 0 Å². The van der Waals surface area contributed by atoms with Gasteiger partial charge >= 0.3 is 5.69 Å². The molecule has 28 heavy (non-hydrogen) atoms. The van der Waals surface area contributed by atoms with Crippen molar-refractivity contribution in [3.8, 4) is 6.07 Å². The fourth-order valence-corrected chi connectivity index (χ4v) is 5.22. The fraction of sp³-hybridized carbons (Fsp3) is 0.381. The van der Waals surface area contributed by atoms with Crippen molar-refractivity contribution in [2.45, 2.75) is 52.1 Å². The molecular weight excluding hydrogens is 372 g/mol. The number of rotatable bonds is 5. The summed E-state index contributed by atoms with van der Waals surface area (Å²) in [5.41, 5.74) is 3.35. The number of para-hydroxylation sites is 2. The molecule has 1 N–H and O–H groups in total. The van der Waals surface area contributed by atoms with E-state index in [1.165, 1.54) is 16.2 Å². The third-order valence-electron chi connectivity index (χ3n) is 5.34. The van der Waals surface area contributed by atoms with E-state index in [1.54, 1.807) is 9.13 Å². The second-order valence-electron chi connectivity index (χ2n) is 6.99. The van der Waals surface area contributed by atoms with Gasteiger partial charge in [-0.05, 0) is 50.3 Å². The summed E-state index contributed by atoms with van der Waals surface area (Å²) in [4.78, 5) is 26.5. The Labute approximate surface area is 167 Å². The Bertz CT molecular complexity index is 1150. The molecule has 2 aromatic heterocycles. The average Bonchev–Trinajstić information content (AvgIpc) is 3.19. The predicted molar refractivity (Wildman–Crippen MR) is 111 cm³/mol. The number of hydrogen-bond donors (Lipinski definition) is 1. The summed E-state index contributed by atoms with van der Waals surface area (Å²) in [7, 11) is 0. The summed E-state index contributed by atoms with van der Waals surface area (Å²) in [6, 6.07) is 9.90. The molecule has 0 saturated heterocycles. The van der Waals surface area contributed by atoms with Crippen LogP contribution in [0.4, 0.5) is 5.00 Å². The molecule has 0 unspecified atom stereocenters. The molecule has 7 heteroatoms. The van der Waals surface area contributed by atoms with Crippen molar-refractivity contribution in [3.63, 3.8) is 0 Å². The normalized spacial score (nSPS) is 13.3. The molecule has 1 amide bonds. The van der Waals surface area contributed by atoms with Crippen LogP contribution in [0.5, 0.6) is 0 Å². The lowest BCUT2D eigenvalue weighted by Gasteiger charge is -2.09. The number of benzene rings is 1. The minimum Gasteiger partial charge on any atom is -0.317 e. The number of aromatic nitrogens is 2. The predicted octanol–water partition coefficient (Wildman–Crippen LogP) is 3.66. The van der Waals surface area contributed by atoms with Crippen LogP contribution in [0.1, 0.15) is 42.2 Å². The van der Waals surface area contributed by atoms with Gasteiger partial charge < -0.3 is 5.32 Å². The van der Waals surface area contributed by atoms with Gasteiger partial charge in [0.1, 0.15) is 11.1 Å². The number of amides is 1. The van der Waals surface area contributed by atoms with Crippen molar-refractivity contribution in [1.82, 2.24) is 9.13 Å². The van der Waals surface area contributed by atoms with Gasteiger partial charge in [-0.3, -0.25) is 13.9 Å². The third-order valence-corrected chi connectivity index (χ3v) is 6.55. The van der Waals surface area contributed by atoms with E-state index in [-0.39, 0.29) is 18.0 Å². The summed E-state index contributed by atoms with van der Waals surface area (Å²) < 4.78 is 3.37. The second kappa shape index (κ2) is 7.64. The van der Waals surface area contributed by atoms with Crippen LogP contribution < -0.4 is 11.0 Å². The molecule has 0 atom stereocenters. The molecule has 144 valence electrons. The van der Waals surface area contributed by atoms with Gasteiger partial charge in [-0.25, -0.2) is 4.79 Å². The van der Waals surface area contributed by atoms with Crippen LogP contribution in [0.2, 0.25) is 0 Å². The summed E-state index contributed by atoms with van der Waals surface area (Å²) in [5.74, 6) is -0.171. The number of carbonyl (C=O) groups excluding carboxylic acids is 1. The van der Waals surface area contributed by atoms with Crippen LogP contribution in [-0.2, 0) is 30.7 Å². The van der Waals surface area contributed by atoms with Crippen molar-refractivity contribution in [3.05, 3.63) is 50.8 Å². The standard InChI is InChI=1S/C21H22N4O2S/c1-2-24-16-8-4-5-9-17(16)25(21(24)27)12-11-19(26)23-20-15(13-22)14-7-3-6-10-18(14)28-20/h4-5,8-9H,2-3,6-7,10-12H2,1H3,(H,23,26). The second-order valence-corrected chi connectivity index (χ2v) is 8.10. The van der Waals surface area contributed by atoms with Crippen molar-refractivity contribution >= 4 is 33.3 Å². The van der Waals surface area contributed by atoms with E-state index in [0.717, 1.165) is 42.3 Å². The maximum atomic E-state index is 12.7. The van der Waals surface area contributed by atoms with E-state index < -0.39 is 0 Å². The first-order chi connectivity index (χ1) is 13.6. The highest BCUT2D eigenvalue weighted by Crippen LogP contribution is 2.37. The Morgan fingerprint density at radius 2 is 1.93 bits per heavy atom. The summed E-state index contributed by atoms with van der Waals surface area (Å²) >= 11 is 1.52. The quantitative estimate of drug-likeness (QED) is 0.717. The zero-order valence-corrected chi connectivity index (χ0v) is 16.6. The monoisotopic (exact) mass is 394 g/mol. The zero-order valence-electron chi connectivity index (χ0n) is 15.8. The Hall–Kier alpha value is -2.85. The number of nitrogens with zero attached hydrogens (tertiary/aromatic N) is 3. The van der Waals surface area contributed by atoms with Crippen LogP contribution >= 0.6 is 11.3 Å². The van der Waals surface area contributed by atoms with Crippen LogP contribution in [0, 0.1) is 11.3 Å². The Morgan fingerprint density at radius 1 is 1.21 bits per heavy atom. The molecule has 1 aromatic carbocycles. The number of carbonyl (C=O) groups is 1. The molecule has 1 aliphatic rings. The molecule has 0 spiro atoms. The lowest BCUT2D eigenvalue weighted by Crippen LogP contribution is -2.25.